The van der Waals surface area contributed by atoms with Gasteiger partial charge < -0.3 is 4.57 Å². The van der Waals surface area contributed by atoms with Crippen LogP contribution in [0, 0.1) is 0 Å². The van der Waals surface area contributed by atoms with Crippen molar-refractivity contribution in [3.8, 4) is 30.9 Å². The van der Waals surface area contributed by atoms with Gasteiger partial charge in [0.1, 0.15) is 15.5 Å². The summed E-state index contributed by atoms with van der Waals surface area (Å²) in [5.41, 5.74) is 8.22. The van der Waals surface area contributed by atoms with E-state index in [2.05, 4.69) is 197 Å². The maximum absolute atomic E-state index is 5.51. The number of rotatable bonds is 4. The van der Waals surface area contributed by atoms with Crippen molar-refractivity contribution < 1.29 is 0 Å². The van der Waals surface area contributed by atoms with Gasteiger partial charge in [-0.05, 0) is 46.2 Å². The Morgan fingerprint density at radius 3 is 1.22 bits per heavy atom. The van der Waals surface area contributed by atoms with E-state index in [1.165, 1.54) is 107 Å². The predicted molar refractivity (Wildman–Crippen MR) is 250 cm³/mol. The lowest BCUT2D eigenvalue weighted by Crippen LogP contribution is -1.94. The van der Waals surface area contributed by atoms with Gasteiger partial charge in [-0.15, -0.1) is 22.7 Å². The number of nitrogens with zero attached hydrogens (tertiary/aromatic N) is 3. The van der Waals surface area contributed by atoms with E-state index in [0.29, 0.717) is 0 Å². The fourth-order valence-electron chi connectivity index (χ4n) is 9.58. The average Bonchev–Trinajstić information content (AvgIpc) is 4.05. The van der Waals surface area contributed by atoms with E-state index in [0.717, 1.165) is 10.5 Å². The maximum atomic E-state index is 5.51. The lowest BCUT2D eigenvalue weighted by atomic mass is 9.92. The topological polar surface area (TPSA) is 22.8 Å². The molecule has 0 aliphatic heterocycles. The highest BCUT2D eigenvalue weighted by atomic mass is 32.1. The van der Waals surface area contributed by atoms with Gasteiger partial charge in [-0.25, -0.2) is 0 Å². The highest BCUT2D eigenvalue weighted by Gasteiger charge is 2.28. The Morgan fingerprint density at radius 2 is 0.707 bits per heavy atom. The number of fused-ring (bicyclic) bond motifs is 14. The predicted octanol–water partition coefficient (Wildman–Crippen LogP) is 15.3. The third-order valence-corrected chi connectivity index (χ3v) is 14.4. The van der Waals surface area contributed by atoms with Gasteiger partial charge in [0, 0.05) is 64.4 Å². The maximum Gasteiger partial charge on any atom is 0.127 e. The van der Waals surface area contributed by atoms with Gasteiger partial charge in [0.05, 0.1) is 22.1 Å². The van der Waals surface area contributed by atoms with Crippen LogP contribution in [-0.2, 0) is 0 Å². The normalized spacial score (nSPS) is 12.1. The van der Waals surface area contributed by atoms with E-state index in [4.69, 9.17) is 4.98 Å². The first-order valence-electron chi connectivity index (χ1n) is 19.6. The molecule has 5 heterocycles. The molecule has 0 saturated carbocycles. The quantitative estimate of drug-likeness (QED) is 0.163. The van der Waals surface area contributed by atoms with Gasteiger partial charge in [0.2, 0.25) is 0 Å². The number of aromatic nitrogens is 3. The van der Waals surface area contributed by atoms with Crippen molar-refractivity contribution in [2.24, 2.45) is 0 Å². The second-order valence-electron chi connectivity index (χ2n) is 15.0. The largest absolute Gasteiger partial charge is 0.300 e. The molecule has 0 N–H and O–H groups in total. The summed E-state index contributed by atoms with van der Waals surface area (Å²) in [5, 5.41) is 16.0. The third-order valence-electron chi connectivity index (χ3n) is 12.0. The molecule has 0 atom stereocenters. The van der Waals surface area contributed by atoms with Crippen LogP contribution in [0.25, 0.3) is 118 Å². The molecule has 58 heavy (non-hydrogen) atoms. The Balaban J connectivity index is 1.29. The summed E-state index contributed by atoms with van der Waals surface area (Å²) < 4.78 is 4.98. The molecule has 0 spiro atoms. The molecule has 13 rings (SSSR count). The molecular weight excluding hydrogens is 743 g/mol. The Labute approximate surface area is 340 Å². The Bertz CT molecular complexity index is 3680. The number of thiophene rings is 2. The van der Waals surface area contributed by atoms with Crippen LogP contribution in [0.1, 0.15) is 0 Å². The molecular formula is C53H31N3S2. The van der Waals surface area contributed by atoms with E-state index in [-0.39, 0.29) is 0 Å². The zero-order valence-electron chi connectivity index (χ0n) is 31.1. The van der Waals surface area contributed by atoms with Crippen LogP contribution in [0.3, 0.4) is 0 Å². The Morgan fingerprint density at radius 1 is 0.310 bits per heavy atom. The number of pyridine rings is 1. The van der Waals surface area contributed by atoms with Crippen LogP contribution in [-0.4, -0.2) is 14.1 Å². The summed E-state index contributed by atoms with van der Waals surface area (Å²) in [7, 11) is 0. The highest BCUT2D eigenvalue weighted by Crippen LogP contribution is 2.54. The van der Waals surface area contributed by atoms with Gasteiger partial charge in [-0.3, -0.25) is 9.55 Å². The molecule has 0 aliphatic rings. The summed E-state index contributed by atoms with van der Waals surface area (Å²) in [6.07, 6.45) is 2.16. The number of hydrogen-bond donors (Lipinski definition) is 0. The molecule has 0 bridgehead atoms. The van der Waals surface area contributed by atoms with Crippen molar-refractivity contribution in [2.75, 3.05) is 0 Å². The zero-order valence-corrected chi connectivity index (χ0v) is 32.7. The van der Waals surface area contributed by atoms with Gasteiger partial charge >= 0.3 is 0 Å². The van der Waals surface area contributed by atoms with Gasteiger partial charge in [-0.2, -0.15) is 0 Å². The fraction of sp³-hybridized carbons (Fsp3) is 0. The summed E-state index contributed by atoms with van der Waals surface area (Å²) in [6.45, 7) is 0. The summed E-state index contributed by atoms with van der Waals surface area (Å²) in [4.78, 5) is 8.00. The minimum absolute atomic E-state index is 1.02. The third kappa shape index (κ3) is 4.34. The number of para-hydroxylation sites is 4. The van der Waals surface area contributed by atoms with Gasteiger partial charge in [0.15, 0.2) is 0 Å². The van der Waals surface area contributed by atoms with Crippen LogP contribution in [0.4, 0.5) is 0 Å². The highest BCUT2D eigenvalue weighted by molar-refractivity contribution is 7.21. The van der Waals surface area contributed by atoms with Crippen LogP contribution in [0.5, 0.6) is 0 Å². The molecule has 0 aliphatic carbocycles. The molecule has 13 aromatic rings. The van der Waals surface area contributed by atoms with E-state index in [1.54, 1.807) is 0 Å². The summed E-state index contributed by atoms with van der Waals surface area (Å²) in [5.74, 6) is 0. The minimum atomic E-state index is 1.02. The van der Waals surface area contributed by atoms with Crippen molar-refractivity contribution >= 4 is 110 Å². The lowest BCUT2D eigenvalue weighted by molar-refractivity contribution is 1.22. The van der Waals surface area contributed by atoms with Gasteiger partial charge in [0.25, 0.3) is 0 Å². The van der Waals surface area contributed by atoms with Crippen molar-refractivity contribution in [3.05, 3.63) is 188 Å². The van der Waals surface area contributed by atoms with Crippen LogP contribution in [0.2, 0.25) is 0 Å². The van der Waals surface area contributed by atoms with Crippen LogP contribution < -0.4 is 0 Å². The molecule has 5 aromatic heterocycles. The van der Waals surface area contributed by atoms with Crippen molar-refractivity contribution in [2.45, 2.75) is 0 Å². The van der Waals surface area contributed by atoms with E-state index in [9.17, 15) is 0 Å². The second-order valence-corrected chi connectivity index (χ2v) is 17.0. The monoisotopic (exact) mass is 773 g/mol. The second kappa shape index (κ2) is 12.2. The lowest BCUT2D eigenvalue weighted by Gasteiger charge is -2.13. The Hall–Kier alpha value is -7.05. The van der Waals surface area contributed by atoms with Crippen molar-refractivity contribution in [1.82, 2.24) is 14.1 Å². The van der Waals surface area contributed by atoms with E-state index >= 15 is 0 Å². The standard InChI is InChI=1S/C53H31N3S2/c1-3-17-32(18-4-1)50-47-45-40(34-21-7-8-26-39(34)46(47)52(57-50)55-41-27-13-9-22-35(41)36-23-10-14-28-42(36)55)31-54-49-48(45)51(33-19-5-2-6-20-33)58-53(49)56-43-29-15-11-24-37(43)38-25-12-16-30-44(38)56/h1-31H. The van der Waals surface area contributed by atoms with Crippen molar-refractivity contribution in [1.29, 1.82) is 0 Å². The number of benzene rings is 8. The van der Waals surface area contributed by atoms with Crippen molar-refractivity contribution in [3.63, 3.8) is 0 Å². The summed E-state index contributed by atoms with van der Waals surface area (Å²) >= 11 is 3.75. The first kappa shape index (κ1) is 32.1. The SMILES string of the molecule is c1ccc(-c2sc(-n3c4ccccc4c4ccccc43)c3ncc4c5ccccc5c5c(-n6c7ccccc7c7ccccc76)sc(-c6ccccc6)c5c4c23)cc1. The van der Waals surface area contributed by atoms with Crippen LogP contribution in [0.15, 0.2) is 188 Å². The fourth-order valence-corrected chi connectivity index (χ4v) is 12.2. The van der Waals surface area contributed by atoms with Gasteiger partial charge in [-0.1, -0.05) is 158 Å². The zero-order chi connectivity index (χ0) is 37.9. The molecule has 0 saturated heterocycles. The van der Waals surface area contributed by atoms with Crippen LogP contribution >= 0.6 is 22.7 Å². The first-order valence-corrected chi connectivity index (χ1v) is 21.3. The molecule has 0 radical (unpaired) electrons. The summed E-state index contributed by atoms with van der Waals surface area (Å²) in [6, 6.07) is 66.2. The number of hydrogen-bond acceptors (Lipinski definition) is 3. The molecule has 8 aromatic carbocycles. The smallest absolute Gasteiger partial charge is 0.127 e. The molecule has 5 heteroatoms. The molecule has 0 fully saturated rings. The molecule has 3 nitrogen and oxygen atoms in total. The first-order chi connectivity index (χ1) is 28.8. The molecule has 0 unspecified atom stereocenters. The van der Waals surface area contributed by atoms with E-state index < -0.39 is 0 Å². The molecule has 0 amide bonds. The Kier molecular flexibility index (Phi) is 6.76. The average molecular weight is 774 g/mol. The minimum Gasteiger partial charge on any atom is -0.300 e. The van der Waals surface area contributed by atoms with E-state index in [1.807, 2.05) is 22.7 Å². The molecule has 270 valence electrons.